The Hall–Kier alpha value is -2.51. The quantitative estimate of drug-likeness (QED) is 0.679. The number of carbonyl (C=O) groups excluding carboxylic acids is 2. The van der Waals surface area contributed by atoms with Crippen molar-refractivity contribution in [1.29, 1.82) is 0 Å². The molecule has 0 unspecified atom stereocenters. The number of piperidine rings is 1. The third-order valence-electron chi connectivity index (χ3n) is 5.48. The van der Waals surface area contributed by atoms with Gasteiger partial charge in [-0.2, -0.15) is 4.31 Å². The first-order valence-corrected chi connectivity index (χ1v) is 11.8. The average molecular weight is 429 g/mol. The number of anilines is 1. The highest BCUT2D eigenvalue weighted by atomic mass is 32.2. The summed E-state index contributed by atoms with van der Waals surface area (Å²) in [4.78, 5) is 24.2. The fourth-order valence-electron chi connectivity index (χ4n) is 3.66. The summed E-state index contributed by atoms with van der Waals surface area (Å²) in [5, 5.41) is 2.94. The molecule has 1 aliphatic rings. The van der Waals surface area contributed by atoms with Crippen molar-refractivity contribution in [3.63, 3.8) is 0 Å². The summed E-state index contributed by atoms with van der Waals surface area (Å²) >= 11 is 0. The number of nitrogens with one attached hydrogen (secondary N) is 1. The maximum Gasteiger partial charge on any atom is 0.243 e. The summed E-state index contributed by atoms with van der Waals surface area (Å²) in [7, 11) is -3.63. The number of ketones is 1. The summed E-state index contributed by atoms with van der Waals surface area (Å²) in [5.41, 5.74) is 2.48. The van der Waals surface area contributed by atoms with Gasteiger partial charge >= 0.3 is 0 Å². The van der Waals surface area contributed by atoms with Crippen LogP contribution in [0.2, 0.25) is 0 Å². The van der Waals surface area contributed by atoms with Gasteiger partial charge in [0.25, 0.3) is 0 Å². The third-order valence-corrected chi connectivity index (χ3v) is 7.40. The van der Waals surface area contributed by atoms with Crippen molar-refractivity contribution in [1.82, 2.24) is 4.31 Å². The minimum Gasteiger partial charge on any atom is -0.326 e. The van der Waals surface area contributed by atoms with E-state index in [0.29, 0.717) is 31.5 Å². The lowest BCUT2D eigenvalue weighted by atomic mass is 9.97. The maximum absolute atomic E-state index is 12.9. The number of aryl methyl sites for hydroxylation is 1. The Morgan fingerprint density at radius 3 is 2.13 bits per heavy atom. The Bertz CT molecular complexity index is 991. The molecule has 0 aliphatic carbocycles. The average Bonchev–Trinajstić information content (AvgIpc) is 2.75. The molecule has 0 atom stereocenters. The smallest absolute Gasteiger partial charge is 0.243 e. The fraction of sp³-hybridized carbons (Fsp3) is 0.391. The van der Waals surface area contributed by atoms with Crippen LogP contribution < -0.4 is 5.32 Å². The minimum atomic E-state index is -3.63. The zero-order chi connectivity index (χ0) is 21.7. The fourth-order valence-corrected chi connectivity index (χ4v) is 5.13. The third kappa shape index (κ3) is 5.15. The van der Waals surface area contributed by atoms with E-state index in [0.717, 1.165) is 18.5 Å². The number of sulfonamides is 1. The topological polar surface area (TPSA) is 83.6 Å². The Morgan fingerprint density at radius 2 is 1.60 bits per heavy atom. The number of nitrogens with zero attached hydrogens (tertiary/aromatic N) is 1. The van der Waals surface area contributed by atoms with Gasteiger partial charge in [0.05, 0.1) is 4.90 Å². The zero-order valence-electron chi connectivity index (χ0n) is 17.4. The van der Waals surface area contributed by atoms with E-state index in [9.17, 15) is 18.0 Å². The lowest BCUT2D eigenvalue weighted by Gasteiger charge is -2.30. The van der Waals surface area contributed by atoms with Gasteiger partial charge in [-0.05, 0) is 56.0 Å². The molecule has 0 aromatic heterocycles. The van der Waals surface area contributed by atoms with Crippen LogP contribution in [0.1, 0.15) is 49.0 Å². The van der Waals surface area contributed by atoms with Crippen molar-refractivity contribution < 1.29 is 18.0 Å². The summed E-state index contributed by atoms with van der Waals surface area (Å²) in [5.74, 6) is -0.390. The van der Waals surface area contributed by atoms with Crippen LogP contribution in [0.5, 0.6) is 0 Å². The largest absolute Gasteiger partial charge is 0.326 e. The molecule has 0 spiro atoms. The molecule has 30 heavy (non-hydrogen) atoms. The van der Waals surface area contributed by atoms with Crippen molar-refractivity contribution in [3.05, 3.63) is 59.7 Å². The van der Waals surface area contributed by atoms with Gasteiger partial charge in [0.2, 0.25) is 15.9 Å². The molecular weight excluding hydrogens is 400 g/mol. The predicted molar refractivity (Wildman–Crippen MR) is 117 cm³/mol. The normalized spacial score (nSPS) is 15.7. The molecule has 0 saturated carbocycles. The van der Waals surface area contributed by atoms with Crippen LogP contribution in [-0.4, -0.2) is 37.5 Å². The number of amides is 1. The van der Waals surface area contributed by atoms with Gasteiger partial charge in [0.1, 0.15) is 0 Å². The van der Waals surface area contributed by atoms with E-state index in [-0.39, 0.29) is 22.5 Å². The Balaban J connectivity index is 1.58. The molecule has 1 aliphatic heterocycles. The van der Waals surface area contributed by atoms with Crippen LogP contribution in [0.25, 0.3) is 0 Å². The van der Waals surface area contributed by atoms with Crippen LogP contribution in [0.15, 0.2) is 53.4 Å². The Kier molecular flexibility index (Phi) is 7.05. The monoisotopic (exact) mass is 428 g/mol. The maximum atomic E-state index is 12.9. The number of carbonyl (C=O) groups is 2. The van der Waals surface area contributed by atoms with E-state index in [1.54, 1.807) is 0 Å². The second-order valence-corrected chi connectivity index (χ2v) is 9.63. The molecule has 1 heterocycles. The van der Waals surface area contributed by atoms with Crippen LogP contribution in [0.3, 0.4) is 0 Å². The van der Waals surface area contributed by atoms with Crippen molar-refractivity contribution >= 4 is 27.4 Å². The number of hydrogen-bond donors (Lipinski definition) is 1. The van der Waals surface area contributed by atoms with Crippen molar-refractivity contribution in [2.24, 2.45) is 5.92 Å². The SMILES string of the molecule is CCCc1ccc(NC(=O)C2CCN(S(=O)(=O)c3ccc(C(C)=O)cc3)CC2)cc1. The minimum absolute atomic E-state index is 0.0684. The van der Waals surface area contributed by atoms with Gasteiger partial charge in [0.15, 0.2) is 5.78 Å². The van der Waals surface area contributed by atoms with E-state index in [2.05, 4.69) is 12.2 Å². The number of Topliss-reactive ketones (excluding diaryl/α,β-unsaturated/α-hetero) is 1. The Labute approximate surface area is 178 Å². The first-order valence-electron chi connectivity index (χ1n) is 10.3. The molecule has 3 rings (SSSR count). The van der Waals surface area contributed by atoms with Crippen LogP contribution in [0, 0.1) is 5.92 Å². The summed E-state index contributed by atoms with van der Waals surface area (Å²) < 4.78 is 27.1. The molecular formula is C23H28N2O4S. The highest BCUT2D eigenvalue weighted by Crippen LogP contribution is 2.25. The van der Waals surface area contributed by atoms with E-state index in [1.807, 2.05) is 24.3 Å². The van der Waals surface area contributed by atoms with Gasteiger partial charge in [-0.15, -0.1) is 0 Å². The van der Waals surface area contributed by atoms with Crippen molar-refractivity contribution in [3.8, 4) is 0 Å². The summed E-state index contributed by atoms with van der Waals surface area (Å²) in [6, 6.07) is 13.8. The van der Waals surface area contributed by atoms with Gasteiger partial charge in [-0.3, -0.25) is 9.59 Å². The second-order valence-electron chi connectivity index (χ2n) is 7.70. The summed E-state index contributed by atoms with van der Waals surface area (Å²) in [6.45, 7) is 4.16. The molecule has 0 bridgehead atoms. The molecule has 7 heteroatoms. The molecule has 1 saturated heterocycles. The van der Waals surface area contributed by atoms with E-state index in [1.165, 1.54) is 41.1 Å². The molecule has 1 N–H and O–H groups in total. The van der Waals surface area contributed by atoms with Crippen molar-refractivity contribution in [2.75, 3.05) is 18.4 Å². The van der Waals surface area contributed by atoms with E-state index >= 15 is 0 Å². The first kappa shape index (κ1) is 22.2. The Morgan fingerprint density at radius 1 is 1.00 bits per heavy atom. The van der Waals surface area contributed by atoms with Crippen LogP contribution >= 0.6 is 0 Å². The molecule has 1 amide bonds. The summed E-state index contributed by atoms with van der Waals surface area (Å²) in [6.07, 6.45) is 3.04. The number of benzene rings is 2. The lowest BCUT2D eigenvalue weighted by molar-refractivity contribution is -0.120. The zero-order valence-corrected chi connectivity index (χ0v) is 18.2. The van der Waals surface area contributed by atoms with Gasteiger partial charge in [0, 0.05) is 30.3 Å². The van der Waals surface area contributed by atoms with E-state index < -0.39 is 10.0 Å². The molecule has 0 radical (unpaired) electrons. The predicted octanol–water partition coefficient (Wildman–Crippen LogP) is 3.88. The standard InChI is InChI=1S/C23H28N2O4S/c1-3-4-18-5-9-21(10-6-18)24-23(27)20-13-15-25(16-14-20)30(28,29)22-11-7-19(8-12-22)17(2)26/h5-12,20H,3-4,13-16H2,1-2H3,(H,24,27). The van der Waals surface area contributed by atoms with Crippen molar-refractivity contribution in [2.45, 2.75) is 44.4 Å². The lowest BCUT2D eigenvalue weighted by Crippen LogP contribution is -2.41. The molecule has 2 aromatic carbocycles. The number of hydrogen-bond acceptors (Lipinski definition) is 4. The first-order chi connectivity index (χ1) is 14.3. The molecule has 6 nitrogen and oxygen atoms in total. The van der Waals surface area contributed by atoms with Crippen LogP contribution in [0.4, 0.5) is 5.69 Å². The molecule has 2 aromatic rings. The van der Waals surface area contributed by atoms with Gasteiger partial charge in [-0.25, -0.2) is 8.42 Å². The molecule has 1 fully saturated rings. The van der Waals surface area contributed by atoms with Crippen LogP contribution in [-0.2, 0) is 21.2 Å². The second kappa shape index (κ2) is 9.53. The highest BCUT2D eigenvalue weighted by Gasteiger charge is 2.32. The molecule has 160 valence electrons. The van der Waals surface area contributed by atoms with Gasteiger partial charge < -0.3 is 5.32 Å². The van der Waals surface area contributed by atoms with Gasteiger partial charge in [-0.1, -0.05) is 37.6 Å². The van der Waals surface area contributed by atoms with E-state index in [4.69, 9.17) is 0 Å². The highest BCUT2D eigenvalue weighted by molar-refractivity contribution is 7.89. The number of rotatable bonds is 7.